The molecule has 0 radical (unpaired) electrons. The van der Waals surface area contributed by atoms with Gasteiger partial charge in [-0.15, -0.1) is 0 Å². The van der Waals surface area contributed by atoms with Gasteiger partial charge in [-0.3, -0.25) is 0 Å². The summed E-state index contributed by atoms with van der Waals surface area (Å²) in [5, 5.41) is 29.0. The summed E-state index contributed by atoms with van der Waals surface area (Å²) in [6.45, 7) is 1.06. The van der Waals surface area contributed by atoms with Crippen molar-refractivity contribution in [3.63, 3.8) is 0 Å². The molecule has 4 rings (SSSR count). The van der Waals surface area contributed by atoms with Crippen molar-refractivity contribution < 1.29 is 10.2 Å². The standard InChI is InChI=1S/C18H32N2O2/c21-17-7-2-1-4-15(17)20-14(6-10-17)13-5-9-18(22)8-3-11-19-16(18)12-13/h13-16,19-22H,1-12H2/t13?,14?,15-,16+,17+,18+/m0/s1. The zero-order chi connectivity index (χ0) is 15.2. The molecule has 0 bridgehead atoms. The Balaban J connectivity index is 1.41. The van der Waals surface area contributed by atoms with Crippen LogP contribution >= 0.6 is 0 Å². The third-order valence-electron chi connectivity index (χ3n) is 7.19. The Bertz CT molecular complexity index is 380. The monoisotopic (exact) mass is 308 g/mol. The predicted octanol–water partition coefficient (Wildman–Crippen LogP) is 1.70. The zero-order valence-electron chi connectivity index (χ0n) is 13.7. The van der Waals surface area contributed by atoms with Crippen LogP contribution < -0.4 is 10.6 Å². The van der Waals surface area contributed by atoms with Crippen molar-refractivity contribution in [2.45, 2.75) is 100.0 Å². The van der Waals surface area contributed by atoms with Crippen LogP contribution in [0, 0.1) is 5.92 Å². The topological polar surface area (TPSA) is 64.5 Å². The third kappa shape index (κ3) is 2.62. The normalized spacial score (nSPS) is 52.6. The summed E-state index contributed by atoms with van der Waals surface area (Å²) >= 11 is 0. The van der Waals surface area contributed by atoms with Crippen LogP contribution in [0.4, 0.5) is 0 Å². The van der Waals surface area contributed by atoms with Crippen LogP contribution in [0.15, 0.2) is 0 Å². The maximum Gasteiger partial charge on any atom is 0.0800 e. The molecule has 2 heterocycles. The van der Waals surface area contributed by atoms with E-state index in [0.717, 1.165) is 64.3 Å². The summed E-state index contributed by atoms with van der Waals surface area (Å²) in [5.74, 6) is 0.655. The summed E-state index contributed by atoms with van der Waals surface area (Å²) in [5.41, 5.74) is -0.887. The van der Waals surface area contributed by atoms with Gasteiger partial charge in [0.05, 0.1) is 11.2 Å². The van der Waals surface area contributed by atoms with Crippen molar-refractivity contribution in [3.8, 4) is 0 Å². The van der Waals surface area contributed by atoms with Gasteiger partial charge in [0.2, 0.25) is 0 Å². The molecule has 4 nitrogen and oxygen atoms in total. The van der Waals surface area contributed by atoms with Crippen LogP contribution in [0.5, 0.6) is 0 Å². The zero-order valence-corrected chi connectivity index (χ0v) is 13.7. The van der Waals surface area contributed by atoms with Gasteiger partial charge in [-0.25, -0.2) is 0 Å². The summed E-state index contributed by atoms with van der Waals surface area (Å²) in [6.07, 6.45) is 11.9. The highest BCUT2D eigenvalue weighted by Crippen LogP contribution is 2.43. The Morgan fingerprint density at radius 2 is 1.55 bits per heavy atom. The van der Waals surface area contributed by atoms with Crippen LogP contribution in [0.2, 0.25) is 0 Å². The number of hydrogen-bond donors (Lipinski definition) is 4. The molecule has 0 spiro atoms. The molecule has 2 saturated heterocycles. The maximum atomic E-state index is 10.8. The predicted molar refractivity (Wildman–Crippen MR) is 86.7 cm³/mol. The van der Waals surface area contributed by atoms with E-state index in [1.165, 1.54) is 12.8 Å². The molecule has 126 valence electrons. The van der Waals surface area contributed by atoms with E-state index >= 15 is 0 Å². The Kier molecular flexibility index (Phi) is 4.00. The van der Waals surface area contributed by atoms with E-state index in [-0.39, 0.29) is 6.04 Å². The minimum absolute atomic E-state index is 0.286. The van der Waals surface area contributed by atoms with E-state index in [0.29, 0.717) is 18.0 Å². The number of aliphatic hydroxyl groups is 2. The molecule has 0 aromatic carbocycles. The molecule has 0 amide bonds. The van der Waals surface area contributed by atoms with Crippen LogP contribution in [0.25, 0.3) is 0 Å². The van der Waals surface area contributed by atoms with E-state index in [9.17, 15) is 10.2 Å². The molecule has 2 unspecified atom stereocenters. The fraction of sp³-hybridized carbons (Fsp3) is 1.00. The van der Waals surface area contributed by atoms with E-state index in [4.69, 9.17) is 0 Å². The Hall–Kier alpha value is -0.160. The smallest absolute Gasteiger partial charge is 0.0800 e. The highest BCUT2D eigenvalue weighted by atomic mass is 16.3. The lowest BCUT2D eigenvalue weighted by Crippen LogP contribution is -2.64. The van der Waals surface area contributed by atoms with Gasteiger partial charge in [0, 0.05) is 18.1 Å². The first kappa shape index (κ1) is 15.4. The molecular formula is C18H32N2O2. The number of rotatable bonds is 1. The minimum atomic E-state index is -0.449. The van der Waals surface area contributed by atoms with Crippen molar-refractivity contribution in [3.05, 3.63) is 0 Å². The molecule has 2 aliphatic heterocycles. The first-order valence-corrected chi connectivity index (χ1v) is 9.53. The van der Waals surface area contributed by atoms with E-state index in [2.05, 4.69) is 10.6 Å². The van der Waals surface area contributed by atoms with Crippen molar-refractivity contribution in [1.82, 2.24) is 10.6 Å². The highest BCUT2D eigenvalue weighted by Gasteiger charge is 2.48. The van der Waals surface area contributed by atoms with Gasteiger partial charge in [0.1, 0.15) is 0 Å². The van der Waals surface area contributed by atoms with E-state index in [1.54, 1.807) is 0 Å². The Morgan fingerprint density at radius 1 is 0.773 bits per heavy atom. The van der Waals surface area contributed by atoms with E-state index < -0.39 is 11.2 Å². The fourth-order valence-corrected chi connectivity index (χ4v) is 5.74. The summed E-state index contributed by atoms with van der Waals surface area (Å²) in [6, 6.07) is 1.13. The molecule has 4 N–H and O–H groups in total. The lowest BCUT2D eigenvalue weighted by molar-refractivity contribution is -0.0863. The lowest BCUT2D eigenvalue weighted by Gasteiger charge is -2.52. The van der Waals surface area contributed by atoms with Crippen LogP contribution in [-0.2, 0) is 0 Å². The molecule has 4 heteroatoms. The van der Waals surface area contributed by atoms with Crippen LogP contribution in [0.1, 0.15) is 70.6 Å². The largest absolute Gasteiger partial charge is 0.388 e. The SMILES string of the molecule is O[C@@]12CCCC[C@@H]1NC(C1CC[C@]3(O)CCCN[C@@H]3C1)CC2. The molecular weight excluding hydrogens is 276 g/mol. The number of nitrogens with one attached hydrogen (secondary N) is 2. The molecule has 0 aromatic heterocycles. The van der Waals surface area contributed by atoms with Crippen LogP contribution in [-0.4, -0.2) is 46.1 Å². The lowest BCUT2D eigenvalue weighted by atomic mass is 9.66. The van der Waals surface area contributed by atoms with Gasteiger partial charge in [0.15, 0.2) is 0 Å². The van der Waals surface area contributed by atoms with Crippen molar-refractivity contribution >= 4 is 0 Å². The molecule has 2 aliphatic carbocycles. The van der Waals surface area contributed by atoms with Gasteiger partial charge in [-0.2, -0.15) is 0 Å². The van der Waals surface area contributed by atoms with Crippen molar-refractivity contribution in [1.29, 1.82) is 0 Å². The summed E-state index contributed by atoms with van der Waals surface area (Å²) in [4.78, 5) is 0. The van der Waals surface area contributed by atoms with Gasteiger partial charge < -0.3 is 20.8 Å². The molecule has 6 atom stereocenters. The fourth-order valence-electron chi connectivity index (χ4n) is 5.74. The second-order valence-electron chi connectivity index (χ2n) is 8.46. The second kappa shape index (κ2) is 5.73. The number of fused-ring (bicyclic) bond motifs is 2. The second-order valence-corrected chi connectivity index (χ2v) is 8.46. The van der Waals surface area contributed by atoms with Crippen LogP contribution in [0.3, 0.4) is 0 Å². The van der Waals surface area contributed by atoms with Gasteiger partial charge >= 0.3 is 0 Å². The number of piperidine rings is 2. The third-order valence-corrected chi connectivity index (χ3v) is 7.19. The van der Waals surface area contributed by atoms with Gasteiger partial charge in [-0.1, -0.05) is 12.8 Å². The molecule has 2 saturated carbocycles. The molecule has 0 aromatic rings. The first-order chi connectivity index (χ1) is 10.6. The quantitative estimate of drug-likeness (QED) is 0.595. The van der Waals surface area contributed by atoms with Gasteiger partial charge in [-0.05, 0) is 70.3 Å². The molecule has 4 aliphatic rings. The average molecular weight is 308 g/mol. The first-order valence-electron chi connectivity index (χ1n) is 9.53. The van der Waals surface area contributed by atoms with Crippen molar-refractivity contribution in [2.24, 2.45) is 5.92 Å². The summed E-state index contributed by atoms with van der Waals surface area (Å²) < 4.78 is 0. The average Bonchev–Trinajstić information content (AvgIpc) is 2.53. The summed E-state index contributed by atoms with van der Waals surface area (Å²) in [7, 11) is 0. The number of hydrogen-bond acceptors (Lipinski definition) is 4. The maximum absolute atomic E-state index is 10.8. The Morgan fingerprint density at radius 3 is 2.45 bits per heavy atom. The highest BCUT2D eigenvalue weighted by molar-refractivity contribution is 5.06. The minimum Gasteiger partial charge on any atom is -0.388 e. The Labute approximate surface area is 134 Å². The van der Waals surface area contributed by atoms with E-state index in [1.807, 2.05) is 0 Å². The molecule has 4 fully saturated rings. The van der Waals surface area contributed by atoms with Crippen molar-refractivity contribution in [2.75, 3.05) is 6.54 Å². The molecule has 22 heavy (non-hydrogen) atoms. The van der Waals surface area contributed by atoms with Gasteiger partial charge in [0.25, 0.3) is 0 Å².